The quantitative estimate of drug-likeness (QED) is 0.0146. The molecule has 0 aromatic rings. The first-order chi connectivity index (χ1) is 45.2. The number of carbonyl (C=O) groups excluding carboxylic acids is 3. The third-order valence-electron chi connectivity index (χ3n) is 15.3. The molecule has 93 heavy (non-hydrogen) atoms. The SMILES string of the molecule is CC/C=C\C/C=C\C/C=C\CCCCCCCC(=O)OCC(COP(=O)(O)OCC(O)COP(=O)(O)OCC(O)COC(=O)CCCCCCCCCCCCCCCCC/C=C\C/C=C\C/C=C\C/C=C\CCCCC)OC(=O)CCCCCCC/C=C\CCCC. The number of aliphatic hydroxyl groups excluding tert-OH is 2. The second-order valence-corrected chi connectivity index (χ2v) is 27.3. The van der Waals surface area contributed by atoms with E-state index < -0.39 is 91.5 Å². The number of unbranched alkanes of at least 4 members (excludes halogenated alkanes) is 30. The van der Waals surface area contributed by atoms with Crippen molar-refractivity contribution in [1.82, 2.24) is 0 Å². The topological polar surface area (TPSA) is 231 Å². The summed E-state index contributed by atoms with van der Waals surface area (Å²) in [6.45, 7) is 2.47. The van der Waals surface area contributed by atoms with Crippen LogP contribution in [0.25, 0.3) is 0 Å². The van der Waals surface area contributed by atoms with E-state index in [4.69, 9.17) is 32.3 Å². The number of phosphoric ester groups is 2. The maximum Gasteiger partial charge on any atom is 0.472 e. The number of carbonyl (C=O) groups is 3. The number of esters is 3. The summed E-state index contributed by atoms with van der Waals surface area (Å²) in [5.74, 6) is -1.60. The lowest BCUT2D eigenvalue weighted by Crippen LogP contribution is -2.30. The molecule has 0 aliphatic heterocycles. The Morgan fingerprint density at radius 1 is 0.312 bits per heavy atom. The van der Waals surface area contributed by atoms with Crippen LogP contribution < -0.4 is 0 Å². The van der Waals surface area contributed by atoms with Crippen LogP contribution in [0.1, 0.15) is 303 Å². The minimum Gasteiger partial charge on any atom is -0.463 e. The fraction of sp³-hybridized carbons (Fsp3) is 0.747. The fourth-order valence-corrected chi connectivity index (χ4v) is 11.3. The van der Waals surface area contributed by atoms with Crippen molar-refractivity contribution in [3.63, 3.8) is 0 Å². The van der Waals surface area contributed by atoms with Crippen molar-refractivity contribution in [2.45, 2.75) is 322 Å². The van der Waals surface area contributed by atoms with Crippen molar-refractivity contribution >= 4 is 33.6 Å². The van der Waals surface area contributed by atoms with Crippen LogP contribution in [0.4, 0.5) is 0 Å². The van der Waals surface area contributed by atoms with Gasteiger partial charge in [-0.2, -0.15) is 0 Å². The van der Waals surface area contributed by atoms with Gasteiger partial charge in [-0.05, 0) is 116 Å². The van der Waals surface area contributed by atoms with Gasteiger partial charge in [0.15, 0.2) is 6.10 Å². The molecule has 16 nitrogen and oxygen atoms in total. The zero-order valence-electron chi connectivity index (χ0n) is 58.4. The molecule has 0 aromatic heterocycles. The van der Waals surface area contributed by atoms with Gasteiger partial charge in [0.05, 0.1) is 26.4 Å². The molecule has 0 aromatic carbocycles. The van der Waals surface area contributed by atoms with Crippen LogP contribution in [0.3, 0.4) is 0 Å². The lowest BCUT2D eigenvalue weighted by atomic mass is 10.0. The van der Waals surface area contributed by atoms with E-state index in [0.717, 1.165) is 128 Å². The Bertz CT molecular complexity index is 2080. The molecule has 0 aliphatic rings. The Labute approximate surface area is 565 Å². The first-order valence-electron chi connectivity index (χ1n) is 36.5. The van der Waals surface area contributed by atoms with Crippen LogP contribution in [-0.4, -0.2) is 95.9 Å². The second-order valence-electron chi connectivity index (χ2n) is 24.4. The molecule has 4 N–H and O–H groups in total. The van der Waals surface area contributed by atoms with Gasteiger partial charge in [0.25, 0.3) is 0 Å². The molecule has 0 saturated heterocycles. The summed E-state index contributed by atoms with van der Waals surface area (Å²) >= 11 is 0. The van der Waals surface area contributed by atoms with E-state index in [1.807, 2.05) is 0 Å². The third kappa shape index (κ3) is 69.6. The number of phosphoric acid groups is 2. The number of ether oxygens (including phenoxy) is 3. The highest BCUT2D eigenvalue weighted by Gasteiger charge is 2.29. The van der Waals surface area contributed by atoms with Gasteiger partial charge in [0, 0.05) is 19.3 Å². The van der Waals surface area contributed by atoms with E-state index in [1.165, 1.54) is 116 Å². The maximum absolute atomic E-state index is 12.9. The molecule has 5 unspecified atom stereocenters. The zero-order valence-corrected chi connectivity index (χ0v) is 60.2. The summed E-state index contributed by atoms with van der Waals surface area (Å²) < 4.78 is 60.8. The van der Waals surface area contributed by atoms with E-state index in [1.54, 1.807) is 0 Å². The highest BCUT2D eigenvalue weighted by atomic mass is 31.2. The molecule has 0 bridgehead atoms. The van der Waals surface area contributed by atoms with E-state index in [-0.39, 0.29) is 19.3 Å². The lowest BCUT2D eigenvalue weighted by molar-refractivity contribution is -0.161. The van der Waals surface area contributed by atoms with Gasteiger partial charge in [0.2, 0.25) is 0 Å². The van der Waals surface area contributed by atoms with Crippen LogP contribution in [0.15, 0.2) is 97.2 Å². The number of allylic oxidation sites excluding steroid dienone is 16. The normalized spacial score (nSPS) is 14.7. The molecule has 0 saturated carbocycles. The minimum atomic E-state index is -4.92. The van der Waals surface area contributed by atoms with Gasteiger partial charge in [-0.15, -0.1) is 0 Å². The monoisotopic (exact) mass is 1350 g/mol. The molecule has 18 heteroatoms. The summed E-state index contributed by atoms with van der Waals surface area (Å²) in [5.41, 5.74) is 0. The summed E-state index contributed by atoms with van der Waals surface area (Å²) in [6, 6.07) is 0. The average Bonchev–Trinajstić information content (AvgIpc) is 2.93. The Balaban J connectivity index is 4.36. The summed E-state index contributed by atoms with van der Waals surface area (Å²) in [6.07, 6.45) is 76.3. The van der Waals surface area contributed by atoms with Crippen molar-refractivity contribution in [3.05, 3.63) is 97.2 Å². The van der Waals surface area contributed by atoms with Gasteiger partial charge in [0.1, 0.15) is 25.4 Å². The van der Waals surface area contributed by atoms with Gasteiger partial charge >= 0.3 is 33.6 Å². The Morgan fingerprint density at radius 2 is 0.581 bits per heavy atom. The molecular weight excluding hydrogens is 1220 g/mol. The van der Waals surface area contributed by atoms with Crippen molar-refractivity contribution in [3.8, 4) is 0 Å². The average molecular weight is 1350 g/mol. The first kappa shape index (κ1) is 89.5. The van der Waals surface area contributed by atoms with Crippen molar-refractivity contribution < 1.29 is 75.8 Å². The van der Waals surface area contributed by atoms with Gasteiger partial charge < -0.3 is 34.2 Å². The first-order valence-corrected chi connectivity index (χ1v) is 39.5. The van der Waals surface area contributed by atoms with Crippen molar-refractivity contribution in [2.24, 2.45) is 0 Å². The van der Waals surface area contributed by atoms with Crippen LogP contribution >= 0.6 is 15.6 Å². The van der Waals surface area contributed by atoms with Crippen LogP contribution in [0, 0.1) is 0 Å². The summed E-state index contributed by atoms with van der Waals surface area (Å²) in [4.78, 5) is 58.3. The maximum atomic E-state index is 12.9. The minimum absolute atomic E-state index is 0.0902. The Kier molecular flexibility index (Phi) is 65.8. The van der Waals surface area contributed by atoms with E-state index in [0.29, 0.717) is 19.3 Å². The molecule has 0 aliphatic carbocycles. The Hall–Kier alpha value is -3.53. The van der Waals surface area contributed by atoms with E-state index in [2.05, 4.69) is 118 Å². The van der Waals surface area contributed by atoms with Gasteiger partial charge in [-0.25, -0.2) is 9.13 Å². The van der Waals surface area contributed by atoms with Crippen molar-refractivity contribution in [2.75, 3.05) is 39.6 Å². The molecule has 538 valence electrons. The molecule has 0 amide bonds. The number of hydrogen-bond donors (Lipinski definition) is 4. The molecule has 5 atom stereocenters. The number of rotatable bonds is 69. The largest absolute Gasteiger partial charge is 0.472 e. The van der Waals surface area contributed by atoms with Gasteiger partial charge in [-0.1, -0.05) is 266 Å². The Morgan fingerprint density at radius 3 is 0.946 bits per heavy atom. The third-order valence-corrected chi connectivity index (χ3v) is 17.2. The highest BCUT2D eigenvalue weighted by Crippen LogP contribution is 2.45. The smallest absolute Gasteiger partial charge is 0.463 e. The zero-order chi connectivity index (χ0) is 68.1. The molecule has 0 radical (unpaired) electrons. The summed E-state index contributed by atoms with van der Waals surface area (Å²) in [5, 5.41) is 20.6. The van der Waals surface area contributed by atoms with Crippen LogP contribution in [-0.2, 0) is 55.8 Å². The number of hydrogen-bond acceptors (Lipinski definition) is 14. The summed E-state index contributed by atoms with van der Waals surface area (Å²) in [7, 11) is -9.77. The molecule has 0 fully saturated rings. The lowest BCUT2D eigenvalue weighted by Gasteiger charge is -2.21. The number of aliphatic hydroxyl groups is 2. The van der Waals surface area contributed by atoms with E-state index >= 15 is 0 Å². The van der Waals surface area contributed by atoms with Crippen LogP contribution in [0.5, 0.6) is 0 Å². The fourth-order valence-electron chi connectivity index (χ4n) is 9.67. The highest BCUT2D eigenvalue weighted by molar-refractivity contribution is 7.47. The standard InChI is InChI=1S/C75H132O16P2/c1-4-7-10-13-16-19-22-24-26-27-28-29-30-31-32-33-34-35-36-37-38-39-40-41-43-45-47-49-52-55-58-61-73(78)85-64-70(76)65-87-92(81,82)88-66-71(77)67-89-93(83,84)90-69-72(91-75(80)63-60-57-54-51-46-21-18-15-12-9-6-3)68-86-74(79)62-59-56-53-50-48-44-42-25-23-20-17-14-11-8-5-2/h8,11,15-20,24-26,28-29,31-32,42,70-72,76-77H,4-7,9-10,12-14,21-23,27,30,33-41,43-69H2,1-3H3,(H,81,82)(H,83,84)/b11-8-,18-15-,19-16-,20-17-,26-24-,29-28-,32-31-,42-25-. The molecular formula is C75H132O16P2. The molecule has 0 spiro atoms. The van der Waals surface area contributed by atoms with Crippen molar-refractivity contribution in [1.29, 1.82) is 0 Å². The van der Waals surface area contributed by atoms with Gasteiger partial charge in [-0.3, -0.25) is 32.5 Å². The molecule has 0 rings (SSSR count). The van der Waals surface area contributed by atoms with E-state index in [9.17, 15) is 43.5 Å². The predicted octanol–water partition coefficient (Wildman–Crippen LogP) is 20.6. The van der Waals surface area contributed by atoms with Crippen LogP contribution in [0.2, 0.25) is 0 Å². The second kappa shape index (κ2) is 68.4. The predicted molar refractivity (Wildman–Crippen MR) is 381 cm³/mol. The molecule has 0 heterocycles.